The molecule has 0 nitrogen and oxygen atoms in total. The van der Waals surface area contributed by atoms with Crippen LogP contribution >= 0.6 is 0 Å². The minimum Gasteiger partial charge on any atom is -0.334 e. The molecule has 90 valence electrons. The Morgan fingerprint density at radius 2 is 1.41 bits per heavy atom. The molecule has 0 saturated carbocycles. The summed E-state index contributed by atoms with van der Waals surface area (Å²) in [5.41, 5.74) is 1.27. The molecular weight excluding hydrogens is 231 g/mol. The van der Waals surface area contributed by atoms with Crippen LogP contribution in [0.3, 0.4) is 0 Å². The first-order chi connectivity index (χ1) is 7.11. The van der Waals surface area contributed by atoms with Crippen LogP contribution in [0.5, 0.6) is 0 Å². The maximum absolute atomic E-state index is 4.55. The average molecular weight is 255 g/mol. The molecule has 0 saturated heterocycles. The van der Waals surface area contributed by atoms with Gasteiger partial charge in [-0.3, -0.25) is 0 Å². The molecule has 17 heavy (non-hydrogen) atoms. The van der Waals surface area contributed by atoms with E-state index in [0.717, 1.165) is 0 Å². The van der Waals surface area contributed by atoms with Gasteiger partial charge in [-0.15, -0.1) is 5.41 Å². The van der Waals surface area contributed by atoms with E-state index in [1.807, 2.05) is 12.1 Å². The van der Waals surface area contributed by atoms with E-state index in [9.17, 15) is 0 Å². The molecule has 0 heterocycles. The SMILES string of the molecule is [CH2-]C(c1[c-]cccc1)(C(C)(C)C)C(C)(C)C.[K+]. The zero-order valence-corrected chi connectivity index (χ0v) is 15.6. The van der Waals surface area contributed by atoms with Crippen LogP contribution in [0.1, 0.15) is 47.1 Å². The smallest absolute Gasteiger partial charge is 0.334 e. The van der Waals surface area contributed by atoms with Gasteiger partial charge in [0.05, 0.1) is 0 Å². The maximum Gasteiger partial charge on any atom is 1.00 e. The Labute approximate surface area is 150 Å². The van der Waals surface area contributed by atoms with Gasteiger partial charge in [0.2, 0.25) is 0 Å². The summed E-state index contributed by atoms with van der Waals surface area (Å²) in [5.74, 6) is 0. The molecule has 1 heteroatoms. The molecule has 0 radical (unpaired) electrons. The third-order valence-corrected chi connectivity index (χ3v) is 3.73. The molecule has 0 amide bonds. The van der Waals surface area contributed by atoms with E-state index in [1.165, 1.54) is 5.56 Å². The molecule has 0 aliphatic heterocycles. The van der Waals surface area contributed by atoms with Crippen molar-refractivity contribution in [3.05, 3.63) is 42.8 Å². The Kier molecular flexibility index (Phi) is 6.17. The predicted octanol–water partition coefficient (Wildman–Crippen LogP) is 1.65. The van der Waals surface area contributed by atoms with Gasteiger partial charge in [-0.1, -0.05) is 52.4 Å². The van der Waals surface area contributed by atoms with Crippen LogP contribution in [0.25, 0.3) is 0 Å². The zero-order chi connectivity index (χ0) is 12.6. The van der Waals surface area contributed by atoms with Crippen molar-refractivity contribution in [3.63, 3.8) is 0 Å². The van der Waals surface area contributed by atoms with Gasteiger partial charge in [-0.25, -0.2) is 0 Å². The summed E-state index contributed by atoms with van der Waals surface area (Å²) in [6, 6.07) is 11.6. The molecular formula is C16H24K-. The van der Waals surface area contributed by atoms with Gasteiger partial charge in [-0.05, 0) is 0 Å². The maximum atomic E-state index is 4.55. The molecule has 0 aromatic heterocycles. The summed E-state index contributed by atoms with van der Waals surface area (Å²) in [6.07, 6.45) is 0. The Bertz CT molecular complexity index is 324. The second kappa shape index (κ2) is 5.88. The van der Waals surface area contributed by atoms with Gasteiger partial charge < -0.3 is 6.92 Å². The number of hydrogen-bond donors (Lipinski definition) is 0. The number of rotatable bonds is 1. The van der Waals surface area contributed by atoms with Gasteiger partial charge in [0, 0.05) is 0 Å². The van der Waals surface area contributed by atoms with Gasteiger partial charge >= 0.3 is 51.4 Å². The van der Waals surface area contributed by atoms with E-state index in [2.05, 4.69) is 66.7 Å². The van der Waals surface area contributed by atoms with Gasteiger partial charge in [0.15, 0.2) is 0 Å². The van der Waals surface area contributed by atoms with E-state index in [4.69, 9.17) is 0 Å². The Balaban J connectivity index is 0.00000256. The van der Waals surface area contributed by atoms with Crippen LogP contribution in [0.2, 0.25) is 0 Å². The second-order valence-corrected chi connectivity index (χ2v) is 6.68. The molecule has 0 spiro atoms. The Hall–Kier alpha value is 0.856. The summed E-state index contributed by atoms with van der Waals surface area (Å²) >= 11 is 0. The monoisotopic (exact) mass is 255 g/mol. The molecule has 1 aromatic rings. The van der Waals surface area contributed by atoms with Crippen LogP contribution in [-0.4, -0.2) is 0 Å². The first-order valence-corrected chi connectivity index (χ1v) is 5.93. The summed E-state index contributed by atoms with van der Waals surface area (Å²) in [7, 11) is 0. The van der Waals surface area contributed by atoms with Gasteiger partial charge in [0.25, 0.3) is 0 Å². The zero-order valence-electron chi connectivity index (χ0n) is 12.5. The number of hydrogen-bond acceptors (Lipinski definition) is 0. The molecule has 0 aliphatic carbocycles. The fourth-order valence-electron chi connectivity index (χ4n) is 2.59. The van der Waals surface area contributed by atoms with Crippen LogP contribution in [0, 0.1) is 23.8 Å². The van der Waals surface area contributed by atoms with E-state index >= 15 is 0 Å². The molecule has 0 fully saturated rings. The van der Waals surface area contributed by atoms with Crippen molar-refractivity contribution >= 4 is 0 Å². The van der Waals surface area contributed by atoms with Crippen molar-refractivity contribution in [1.82, 2.24) is 0 Å². The molecule has 0 N–H and O–H groups in total. The van der Waals surface area contributed by atoms with E-state index in [1.54, 1.807) is 0 Å². The number of benzene rings is 1. The van der Waals surface area contributed by atoms with Crippen molar-refractivity contribution in [2.24, 2.45) is 10.8 Å². The standard InChI is InChI=1S/C16H24.K/c1-14(2,3)16(7,15(4,5)6)13-11-9-8-10-12-13;/h8-11H,7H2,1-6H3;/q-2;+1. The third kappa shape index (κ3) is 3.45. The second-order valence-electron chi connectivity index (χ2n) is 6.68. The topological polar surface area (TPSA) is 0 Å². The van der Waals surface area contributed by atoms with Crippen molar-refractivity contribution in [2.45, 2.75) is 47.0 Å². The largest absolute Gasteiger partial charge is 1.00 e. The molecule has 1 rings (SSSR count). The summed E-state index contributed by atoms with van der Waals surface area (Å²) in [4.78, 5) is 0. The van der Waals surface area contributed by atoms with Crippen molar-refractivity contribution in [1.29, 1.82) is 0 Å². The quantitative estimate of drug-likeness (QED) is 0.529. The van der Waals surface area contributed by atoms with E-state index < -0.39 is 0 Å². The van der Waals surface area contributed by atoms with E-state index in [0.29, 0.717) is 0 Å². The minimum atomic E-state index is -0.138. The first-order valence-electron chi connectivity index (χ1n) is 5.93. The predicted molar refractivity (Wildman–Crippen MR) is 71.2 cm³/mol. The third-order valence-electron chi connectivity index (χ3n) is 3.73. The van der Waals surface area contributed by atoms with Crippen molar-refractivity contribution < 1.29 is 51.4 Å². The molecule has 0 unspecified atom stereocenters. The molecule has 0 bridgehead atoms. The van der Waals surface area contributed by atoms with Gasteiger partial charge in [-0.2, -0.15) is 35.9 Å². The van der Waals surface area contributed by atoms with Crippen molar-refractivity contribution in [2.75, 3.05) is 0 Å². The Morgan fingerprint density at radius 1 is 0.941 bits per heavy atom. The first kappa shape index (κ1) is 17.9. The van der Waals surface area contributed by atoms with Crippen LogP contribution < -0.4 is 51.4 Å². The summed E-state index contributed by atoms with van der Waals surface area (Å²) in [6.45, 7) is 18.1. The van der Waals surface area contributed by atoms with Crippen molar-refractivity contribution in [3.8, 4) is 0 Å². The molecule has 1 aromatic carbocycles. The molecule has 0 atom stereocenters. The fourth-order valence-corrected chi connectivity index (χ4v) is 2.59. The summed E-state index contributed by atoms with van der Waals surface area (Å²) in [5, 5.41) is 0. The summed E-state index contributed by atoms with van der Waals surface area (Å²) < 4.78 is 0. The van der Waals surface area contributed by atoms with Crippen LogP contribution in [0.4, 0.5) is 0 Å². The van der Waals surface area contributed by atoms with E-state index in [-0.39, 0.29) is 67.6 Å². The normalized spacial score (nSPS) is 13.1. The molecule has 0 aliphatic rings. The minimum absolute atomic E-state index is 0. The van der Waals surface area contributed by atoms with Crippen LogP contribution in [-0.2, 0) is 5.41 Å². The fraction of sp³-hybridized carbons (Fsp3) is 0.562. The van der Waals surface area contributed by atoms with Gasteiger partial charge in [0.1, 0.15) is 0 Å². The Morgan fingerprint density at radius 3 is 1.71 bits per heavy atom. The average Bonchev–Trinajstić information content (AvgIpc) is 2.14. The van der Waals surface area contributed by atoms with Crippen LogP contribution in [0.15, 0.2) is 24.3 Å².